The molecule has 2 amide bonds. The van der Waals surface area contributed by atoms with E-state index in [0.717, 1.165) is 4.90 Å². The van der Waals surface area contributed by atoms with E-state index in [0.29, 0.717) is 29.2 Å². The third-order valence-electron chi connectivity index (χ3n) is 3.78. The van der Waals surface area contributed by atoms with Crippen molar-refractivity contribution in [3.8, 4) is 11.5 Å². The molecule has 1 saturated heterocycles. The van der Waals surface area contributed by atoms with Crippen LogP contribution in [-0.4, -0.2) is 23.5 Å². The lowest BCUT2D eigenvalue weighted by atomic mass is 10.1. The molecule has 3 rings (SSSR count). The largest absolute Gasteiger partial charge is 0.504 e. The summed E-state index contributed by atoms with van der Waals surface area (Å²) in [7, 11) is 0. The molecule has 0 unspecified atom stereocenters. The number of phenolic OH excluding ortho intramolecular Hbond substituents is 1. The number of halogens is 1. The summed E-state index contributed by atoms with van der Waals surface area (Å²) < 4.78 is 18.3. The molecule has 0 atom stereocenters. The molecule has 6 heteroatoms. The van der Waals surface area contributed by atoms with Crippen LogP contribution >= 0.6 is 0 Å². The lowest BCUT2D eigenvalue weighted by Crippen LogP contribution is -2.28. The normalized spacial score (nSPS) is 15.9. The van der Waals surface area contributed by atoms with Gasteiger partial charge in [-0.15, -0.1) is 0 Å². The minimum atomic E-state index is -0.442. The summed E-state index contributed by atoms with van der Waals surface area (Å²) in [6, 6.07) is 9.88. The van der Waals surface area contributed by atoms with Crippen molar-refractivity contribution in [2.24, 2.45) is 0 Å². The molecule has 0 radical (unpaired) electrons. The van der Waals surface area contributed by atoms with Crippen LogP contribution in [0.25, 0.3) is 6.08 Å². The highest BCUT2D eigenvalue weighted by molar-refractivity contribution is 6.29. The molecule has 1 aliphatic heterocycles. The van der Waals surface area contributed by atoms with E-state index >= 15 is 0 Å². The first kappa shape index (κ1) is 16.7. The Hall–Kier alpha value is -3.15. The van der Waals surface area contributed by atoms with Gasteiger partial charge in [-0.25, -0.2) is 9.29 Å². The van der Waals surface area contributed by atoms with Crippen molar-refractivity contribution in [1.82, 2.24) is 0 Å². The summed E-state index contributed by atoms with van der Waals surface area (Å²) in [5.74, 6) is -0.935. The summed E-state index contributed by atoms with van der Waals surface area (Å²) in [5, 5.41) is 9.73. The number of imide groups is 1. The van der Waals surface area contributed by atoms with Crippen LogP contribution in [0.2, 0.25) is 0 Å². The SMILES string of the molecule is CCOc1cc(/C=C2\CC(=O)N(c3ccc(F)cc3)C2=O)ccc1O. The molecule has 0 bridgehead atoms. The highest BCUT2D eigenvalue weighted by Crippen LogP contribution is 2.31. The first-order valence-corrected chi connectivity index (χ1v) is 7.79. The highest BCUT2D eigenvalue weighted by atomic mass is 19.1. The molecule has 25 heavy (non-hydrogen) atoms. The van der Waals surface area contributed by atoms with Gasteiger partial charge in [0.25, 0.3) is 5.91 Å². The summed E-state index contributed by atoms with van der Waals surface area (Å²) in [4.78, 5) is 25.8. The molecule has 1 heterocycles. The van der Waals surface area contributed by atoms with Crippen molar-refractivity contribution in [3.63, 3.8) is 0 Å². The van der Waals surface area contributed by atoms with Gasteiger partial charge in [0.15, 0.2) is 11.5 Å². The molecule has 2 aromatic rings. The first-order valence-electron chi connectivity index (χ1n) is 7.79. The Morgan fingerprint density at radius 3 is 2.60 bits per heavy atom. The van der Waals surface area contributed by atoms with Gasteiger partial charge in [0.1, 0.15) is 5.82 Å². The van der Waals surface area contributed by atoms with Crippen molar-refractivity contribution in [2.45, 2.75) is 13.3 Å². The van der Waals surface area contributed by atoms with E-state index in [-0.39, 0.29) is 18.1 Å². The first-order chi connectivity index (χ1) is 12.0. The zero-order chi connectivity index (χ0) is 18.0. The lowest BCUT2D eigenvalue weighted by Gasteiger charge is -2.13. The number of aromatic hydroxyl groups is 1. The molecule has 1 aliphatic rings. The molecular formula is C19H16FNO4. The van der Waals surface area contributed by atoms with Gasteiger partial charge in [-0.2, -0.15) is 0 Å². The van der Waals surface area contributed by atoms with E-state index in [1.54, 1.807) is 25.1 Å². The Morgan fingerprint density at radius 2 is 1.92 bits per heavy atom. The summed E-state index contributed by atoms with van der Waals surface area (Å²) in [6.45, 7) is 2.19. The summed E-state index contributed by atoms with van der Waals surface area (Å²) in [6.07, 6.45) is 1.55. The molecule has 128 valence electrons. The number of nitrogens with zero attached hydrogens (tertiary/aromatic N) is 1. The average Bonchev–Trinajstić information content (AvgIpc) is 2.86. The molecular weight excluding hydrogens is 325 g/mol. The Morgan fingerprint density at radius 1 is 1.20 bits per heavy atom. The maximum Gasteiger partial charge on any atom is 0.261 e. The van der Waals surface area contributed by atoms with Crippen LogP contribution < -0.4 is 9.64 Å². The number of rotatable bonds is 4. The minimum Gasteiger partial charge on any atom is -0.504 e. The van der Waals surface area contributed by atoms with E-state index < -0.39 is 11.7 Å². The minimum absolute atomic E-state index is 0.00534. The average molecular weight is 341 g/mol. The fourth-order valence-electron chi connectivity index (χ4n) is 2.63. The van der Waals surface area contributed by atoms with Gasteiger partial charge in [0, 0.05) is 5.57 Å². The van der Waals surface area contributed by atoms with Gasteiger partial charge in [-0.05, 0) is 55.0 Å². The standard InChI is InChI=1S/C19H16FNO4/c1-2-25-17-10-12(3-8-16(17)22)9-13-11-18(23)21(19(13)24)15-6-4-14(20)5-7-15/h3-10,22H,2,11H2,1H3/b13-9+. The van der Waals surface area contributed by atoms with Gasteiger partial charge in [-0.3, -0.25) is 9.59 Å². The molecule has 0 aromatic heterocycles. The van der Waals surface area contributed by atoms with Gasteiger partial charge >= 0.3 is 0 Å². The zero-order valence-corrected chi connectivity index (χ0v) is 13.5. The second-order valence-corrected chi connectivity index (χ2v) is 5.52. The summed E-state index contributed by atoms with van der Waals surface area (Å²) in [5.41, 5.74) is 1.29. The summed E-state index contributed by atoms with van der Waals surface area (Å²) >= 11 is 0. The molecule has 0 spiro atoms. The van der Waals surface area contributed by atoms with Crippen LogP contribution in [0.15, 0.2) is 48.0 Å². The number of hydrogen-bond acceptors (Lipinski definition) is 4. The van der Waals surface area contributed by atoms with Gasteiger partial charge in [0.2, 0.25) is 5.91 Å². The smallest absolute Gasteiger partial charge is 0.261 e. The number of anilines is 1. The van der Waals surface area contributed by atoms with Gasteiger partial charge in [0.05, 0.1) is 18.7 Å². The maximum absolute atomic E-state index is 13.0. The number of hydrogen-bond donors (Lipinski definition) is 1. The van der Waals surface area contributed by atoms with Crippen LogP contribution in [0.5, 0.6) is 11.5 Å². The fourth-order valence-corrected chi connectivity index (χ4v) is 2.63. The fraction of sp³-hybridized carbons (Fsp3) is 0.158. The van der Waals surface area contributed by atoms with Gasteiger partial charge < -0.3 is 9.84 Å². The molecule has 0 saturated carbocycles. The van der Waals surface area contributed by atoms with Crippen molar-refractivity contribution in [3.05, 3.63) is 59.4 Å². The Labute approximate surface area is 144 Å². The van der Waals surface area contributed by atoms with Crippen LogP contribution in [0.1, 0.15) is 18.9 Å². The third kappa shape index (κ3) is 3.38. The second kappa shape index (κ2) is 6.76. The number of carbonyl (C=O) groups is 2. The number of amides is 2. The number of phenols is 1. The van der Waals surface area contributed by atoms with E-state index in [4.69, 9.17) is 4.74 Å². The predicted molar refractivity (Wildman–Crippen MR) is 90.8 cm³/mol. The number of carbonyl (C=O) groups excluding carboxylic acids is 2. The molecule has 1 fully saturated rings. The monoisotopic (exact) mass is 341 g/mol. The quantitative estimate of drug-likeness (QED) is 0.685. The molecule has 2 aromatic carbocycles. The van der Waals surface area contributed by atoms with Crippen LogP contribution in [0, 0.1) is 5.82 Å². The highest BCUT2D eigenvalue weighted by Gasteiger charge is 2.34. The Kier molecular flexibility index (Phi) is 4.52. The van der Waals surface area contributed by atoms with Crippen molar-refractivity contribution in [2.75, 3.05) is 11.5 Å². The van der Waals surface area contributed by atoms with Crippen LogP contribution in [0.4, 0.5) is 10.1 Å². The Bertz CT molecular complexity index is 858. The van der Waals surface area contributed by atoms with E-state index in [9.17, 15) is 19.1 Å². The number of benzene rings is 2. The van der Waals surface area contributed by atoms with Crippen molar-refractivity contribution in [1.29, 1.82) is 0 Å². The third-order valence-corrected chi connectivity index (χ3v) is 3.78. The predicted octanol–water partition coefficient (Wildman–Crippen LogP) is 3.28. The van der Waals surface area contributed by atoms with Crippen molar-refractivity contribution < 1.29 is 23.8 Å². The van der Waals surface area contributed by atoms with Gasteiger partial charge in [-0.1, -0.05) is 6.07 Å². The number of ether oxygens (including phenoxy) is 1. The zero-order valence-electron chi connectivity index (χ0n) is 13.5. The van der Waals surface area contributed by atoms with E-state index in [1.165, 1.54) is 30.3 Å². The molecule has 0 aliphatic carbocycles. The van der Waals surface area contributed by atoms with E-state index in [1.807, 2.05) is 0 Å². The van der Waals surface area contributed by atoms with E-state index in [2.05, 4.69) is 0 Å². The second-order valence-electron chi connectivity index (χ2n) is 5.52. The molecule has 1 N–H and O–H groups in total. The van der Waals surface area contributed by atoms with Crippen molar-refractivity contribution >= 4 is 23.6 Å². The van der Waals surface area contributed by atoms with Crippen LogP contribution in [0.3, 0.4) is 0 Å². The van der Waals surface area contributed by atoms with Crippen LogP contribution in [-0.2, 0) is 9.59 Å². The maximum atomic E-state index is 13.0. The Balaban J connectivity index is 1.90. The molecule has 5 nitrogen and oxygen atoms in total. The lowest BCUT2D eigenvalue weighted by molar-refractivity contribution is -0.120. The topological polar surface area (TPSA) is 66.8 Å².